The van der Waals surface area contributed by atoms with E-state index in [0.717, 1.165) is 25.7 Å². The standard InChI is InChI=1S/C13H20N2O4S/c1-3-19-13(16)11-8-14-15(2)12(11)9-20(17,18)10-6-4-5-7-10/h8,10H,3-7,9H2,1-2H3. The number of carbonyl (C=O) groups is 1. The Kier molecular flexibility index (Phi) is 4.47. The molecule has 20 heavy (non-hydrogen) atoms. The van der Waals surface area contributed by atoms with E-state index in [4.69, 9.17) is 4.74 Å². The molecule has 0 aliphatic heterocycles. The van der Waals surface area contributed by atoms with E-state index >= 15 is 0 Å². The fourth-order valence-corrected chi connectivity index (χ4v) is 4.58. The average Bonchev–Trinajstić information content (AvgIpc) is 3.01. The molecule has 1 aliphatic rings. The SMILES string of the molecule is CCOC(=O)c1cnn(C)c1CS(=O)(=O)C1CCCC1. The highest BCUT2D eigenvalue weighted by atomic mass is 32.2. The highest BCUT2D eigenvalue weighted by molar-refractivity contribution is 7.91. The average molecular weight is 300 g/mol. The first kappa shape index (κ1) is 15.0. The molecule has 2 rings (SSSR count). The molecule has 1 aliphatic carbocycles. The van der Waals surface area contributed by atoms with E-state index in [1.54, 1.807) is 14.0 Å². The molecular formula is C13H20N2O4S. The molecule has 0 saturated heterocycles. The molecule has 1 aromatic heterocycles. The summed E-state index contributed by atoms with van der Waals surface area (Å²) in [5, 5.41) is 3.70. The van der Waals surface area contributed by atoms with Crippen molar-refractivity contribution in [3.05, 3.63) is 17.5 Å². The first-order valence-electron chi connectivity index (χ1n) is 6.85. The van der Waals surface area contributed by atoms with Gasteiger partial charge in [-0.15, -0.1) is 0 Å². The van der Waals surface area contributed by atoms with Gasteiger partial charge in [0.05, 0.1) is 29.5 Å². The lowest BCUT2D eigenvalue weighted by molar-refractivity contribution is 0.0525. The number of rotatable bonds is 5. The zero-order chi connectivity index (χ0) is 14.8. The maximum absolute atomic E-state index is 12.4. The summed E-state index contributed by atoms with van der Waals surface area (Å²) in [4.78, 5) is 11.8. The number of hydrogen-bond acceptors (Lipinski definition) is 5. The Bertz CT molecular complexity index is 586. The lowest BCUT2D eigenvalue weighted by Gasteiger charge is -2.12. The molecule has 1 fully saturated rings. The fraction of sp³-hybridized carbons (Fsp3) is 0.692. The zero-order valence-corrected chi connectivity index (χ0v) is 12.6. The minimum Gasteiger partial charge on any atom is -0.462 e. The van der Waals surface area contributed by atoms with Crippen LogP contribution in [-0.4, -0.2) is 36.0 Å². The number of ether oxygens (including phenoxy) is 1. The van der Waals surface area contributed by atoms with E-state index in [9.17, 15) is 13.2 Å². The number of aryl methyl sites for hydroxylation is 1. The van der Waals surface area contributed by atoms with Crippen molar-refractivity contribution < 1.29 is 17.9 Å². The second-order valence-electron chi connectivity index (χ2n) is 5.06. The van der Waals surface area contributed by atoms with Gasteiger partial charge in [0.2, 0.25) is 0 Å². The normalized spacial score (nSPS) is 16.5. The molecular weight excluding hydrogens is 280 g/mol. The number of esters is 1. The van der Waals surface area contributed by atoms with Gasteiger partial charge in [-0.25, -0.2) is 13.2 Å². The zero-order valence-electron chi connectivity index (χ0n) is 11.8. The van der Waals surface area contributed by atoms with Crippen molar-refractivity contribution in [3.8, 4) is 0 Å². The van der Waals surface area contributed by atoms with Gasteiger partial charge in [0, 0.05) is 7.05 Å². The van der Waals surface area contributed by atoms with E-state index in [0.29, 0.717) is 5.69 Å². The predicted molar refractivity (Wildman–Crippen MR) is 74.0 cm³/mol. The van der Waals surface area contributed by atoms with E-state index in [1.807, 2.05) is 0 Å². The van der Waals surface area contributed by atoms with Crippen LogP contribution in [0.1, 0.15) is 48.7 Å². The van der Waals surface area contributed by atoms with Gasteiger partial charge >= 0.3 is 5.97 Å². The molecule has 1 heterocycles. The molecule has 112 valence electrons. The molecule has 6 nitrogen and oxygen atoms in total. The maximum atomic E-state index is 12.4. The van der Waals surface area contributed by atoms with Crippen LogP contribution in [0.2, 0.25) is 0 Å². The Balaban J connectivity index is 2.24. The summed E-state index contributed by atoms with van der Waals surface area (Å²) < 4.78 is 31.2. The summed E-state index contributed by atoms with van der Waals surface area (Å²) in [7, 11) is -1.60. The first-order valence-corrected chi connectivity index (χ1v) is 8.56. The number of carbonyl (C=O) groups excluding carboxylic acids is 1. The molecule has 1 saturated carbocycles. The van der Waals surface area contributed by atoms with Crippen molar-refractivity contribution in [2.75, 3.05) is 6.61 Å². The van der Waals surface area contributed by atoms with Crippen LogP contribution in [-0.2, 0) is 27.4 Å². The molecule has 7 heteroatoms. The lowest BCUT2D eigenvalue weighted by Crippen LogP contribution is -2.22. The summed E-state index contributed by atoms with van der Waals surface area (Å²) >= 11 is 0. The van der Waals surface area contributed by atoms with Gasteiger partial charge in [-0.1, -0.05) is 12.8 Å². The van der Waals surface area contributed by atoms with Gasteiger partial charge in [0.1, 0.15) is 5.56 Å². The number of nitrogens with zero attached hydrogens (tertiary/aromatic N) is 2. The van der Waals surface area contributed by atoms with E-state index in [2.05, 4.69) is 5.10 Å². The van der Waals surface area contributed by atoms with Crippen LogP contribution in [0.3, 0.4) is 0 Å². The third-order valence-corrected chi connectivity index (χ3v) is 5.87. The van der Waals surface area contributed by atoms with Crippen LogP contribution >= 0.6 is 0 Å². The number of sulfone groups is 1. The monoisotopic (exact) mass is 300 g/mol. The van der Waals surface area contributed by atoms with E-state index in [1.165, 1.54) is 10.9 Å². The molecule has 0 aromatic carbocycles. The molecule has 0 amide bonds. The molecule has 0 radical (unpaired) electrons. The van der Waals surface area contributed by atoms with Crippen molar-refractivity contribution >= 4 is 15.8 Å². The molecule has 0 spiro atoms. The second kappa shape index (κ2) is 5.95. The summed E-state index contributed by atoms with van der Waals surface area (Å²) in [5.41, 5.74) is 0.659. The van der Waals surface area contributed by atoms with Crippen molar-refractivity contribution in [1.29, 1.82) is 0 Å². The third-order valence-electron chi connectivity index (χ3n) is 3.70. The topological polar surface area (TPSA) is 78.3 Å². The van der Waals surface area contributed by atoms with Gasteiger partial charge < -0.3 is 4.74 Å². The van der Waals surface area contributed by atoms with Crippen molar-refractivity contribution in [3.63, 3.8) is 0 Å². The largest absolute Gasteiger partial charge is 0.462 e. The molecule has 0 atom stereocenters. The Hall–Kier alpha value is -1.37. The minimum absolute atomic E-state index is 0.150. The van der Waals surface area contributed by atoms with Crippen LogP contribution in [0, 0.1) is 0 Å². The molecule has 0 N–H and O–H groups in total. The molecule has 1 aromatic rings. The smallest absolute Gasteiger partial charge is 0.341 e. The van der Waals surface area contributed by atoms with Crippen LogP contribution in [0.15, 0.2) is 6.20 Å². The van der Waals surface area contributed by atoms with Gasteiger partial charge in [0.25, 0.3) is 0 Å². The predicted octanol–water partition coefficient (Wildman–Crippen LogP) is 1.45. The quantitative estimate of drug-likeness (QED) is 0.769. The Labute approximate surface area is 119 Å². The van der Waals surface area contributed by atoms with E-state index in [-0.39, 0.29) is 23.2 Å². The van der Waals surface area contributed by atoms with Gasteiger partial charge in [-0.2, -0.15) is 5.10 Å². The second-order valence-corrected chi connectivity index (χ2v) is 7.34. The van der Waals surface area contributed by atoms with Gasteiger partial charge in [0.15, 0.2) is 9.84 Å². The Morgan fingerprint density at radius 2 is 2.10 bits per heavy atom. The maximum Gasteiger partial charge on any atom is 0.341 e. The van der Waals surface area contributed by atoms with Crippen molar-refractivity contribution in [2.24, 2.45) is 7.05 Å². The van der Waals surface area contributed by atoms with E-state index < -0.39 is 15.8 Å². The molecule has 0 bridgehead atoms. The number of aromatic nitrogens is 2. The first-order chi connectivity index (χ1) is 9.45. The molecule has 0 unspecified atom stereocenters. The van der Waals surface area contributed by atoms with Crippen molar-refractivity contribution in [1.82, 2.24) is 9.78 Å². The highest BCUT2D eigenvalue weighted by Gasteiger charge is 2.31. The summed E-state index contributed by atoms with van der Waals surface area (Å²) in [5.74, 6) is -0.667. The Morgan fingerprint density at radius 3 is 2.70 bits per heavy atom. The number of hydrogen-bond donors (Lipinski definition) is 0. The van der Waals surface area contributed by atoms with Gasteiger partial charge in [-0.3, -0.25) is 4.68 Å². The summed E-state index contributed by atoms with van der Waals surface area (Å²) in [6.07, 6.45) is 4.72. The minimum atomic E-state index is -3.25. The third kappa shape index (κ3) is 3.03. The van der Waals surface area contributed by atoms with Crippen LogP contribution in [0.5, 0.6) is 0 Å². The van der Waals surface area contributed by atoms with Crippen LogP contribution in [0.4, 0.5) is 0 Å². The fourth-order valence-electron chi connectivity index (χ4n) is 2.57. The van der Waals surface area contributed by atoms with Crippen LogP contribution < -0.4 is 0 Å². The van der Waals surface area contributed by atoms with Crippen molar-refractivity contribution in [2.45, 2.75) is 43.6 Å². The van der Waals surface area contributed by atoms with Crippen LogP contribution in [0.25, 0.3) is 0 Å². The van der Waals surface area contributed by atoms with Gasteiger partial charge in [-0.05, 0) is 19.8 Å². The Morgan fingerprint density at radius 1 is 1.45 bits per heavy atom. The lowest BCUT2D eigenvalue weighted by atomic mass is 10.3. The summed E-state index contributed by atoms with van der Waals surface area (Å²) in [6.45, 7) is 1.96. The highest BCUT2D eigenvalue weighted by Crippen LogP contribution is 2.27. The summed E-state index contributed by atoms with van der Waals surface area (Å²) in [6, 6.07) is 0.